The average Bonchev–Trinajstić information content (AvgIpc) is 2.14. The lowest BCUT2D eigenvalue weighted by Crippen LogP contribution is -2.06. The van der Waals surface area contributed by atoms with Crippen LogP contribution >= 0.6 is 11.6 Å². The van der Waals surface area contributed by atoms with E-state index in [2.05, 4.69) is 0 Å². The van der Waals surface area contributed by atoms with Crippen LogP contribution in [0.5, 0.6) is 5.75 Å². The van der Waals surface area contributed by atoms with Crippen LogP contribution < -0.4 is 4.74 Å². The van der Waals surface area contributed by atoms with E-state index in [0.717, 1.165) is 11.3 Å². The number of hydrogen-bond acceptors (Lipinski definition) is 2. The van der Waals surface area contributed by atoms with Crippen LogP contribution in [0.1, 0.15) is 32.3 Å². The van der Waals surface area contributed by atoms with E-state index in [1.165, 1.54) is 0 Å². The zero-order valence-electron chi connectivity index (χ0n) is 9.33. The van der Waals surface area contributed by atoms with Crippen molar-refractivity contribution in [1.29, 1.82) is 0 Å². The van der Waals surface area contributed by atoms with Crippen LogP contribution in [0.25, 0.3) is 0 Å². The van der Waals surface area contributed by atoms with E-state index in [4.69, 9.17) is 21.4 Å². The molecule has 0 aromatic heterocycles. The van der Waals surface area contributed by atoms with Gasteiger partial charge >= 0.3 is 0 Å². The molecule has 0 saturated heterocycles. The summed E-state index contributed by atoms with van der Waals surface area (Å²) in [5.74, 6) is 0.839. The van der Waals surface area contributed by atoms with E-state index in [9.17, 15) is 0 Å². The van der Waals surface area contributed by atoms with Gasteiger partial charge in [-0.1, -0.05) is 18.5 Å². The molecule has 0 aliphatic heterocycles. The molecule has 3 heteroatoms. The summed E-state index contributed by atoms with van der Waals surface area (Å²) < 4.78 is 5.56. The molecule has 84 valence electrons. The summed E-state index contributed by atoms with van der Waals surface area (Å²) in [6.07, 6.45) is 0.126. The highest BCUT2D eigenvalue weighted by molar-refractivity contribution is 6.30. The number of hydrogen-bond donors (Lipinski definition) is 1. The van der Waals surface area contributed by atoms with Crippen LogP contribution in [0, 0.1) is 0 Å². The van der Waals surface area contributed by atoms with Gasteiger partial charge in [0.2, 0.25) is 0 Å². The first-order valence-corrected chi connectivity index (χ1v) is 5.48. The predicted molar refractivity (Wildman–Crippen MR) is 62.7 cm³/mol. The summed E-state index contributed by atoms with van der Waals surface area (Å²) in [5, 5.41) is 9.71. The highest BCUT2D eigenvalue weighted by atomic mass is 35.5. The third-order valence-electron chi connectivity index (χ3n) is 2.11. The lowest BCUT2D eigenvalue weighted by molar-refractivity contribution is 0.241. The first-order chi connectivity index (χ1) is 7.02. The molecule has 1 aromatic rings. The molecule has 1 atom stereocenters. The van der Waals surface area contributed by atoms with Crippen molar-refractivity contribution >= 4 is 11.6 Å². The summed E-state index contributed by atoms with van der Waals surface area (Å²) in [4.78, 5) is 0. The van der Waals surface area contributed by atoms with E-state index in [-0.39, 0.29) is 18.6 Å². The summed E-state index contributed by atoms with van der Waals surface area (Å²) in [6.45, 7) is 6.00. The number of aliphatic hydroxyl groups is 1. The zero-order chi connectivity index (χ0) is 11.4. The summed E-state index contributed by atoms with van der Waals surface area (Å²) in [6, 6.07) is 5.57. The Morgan fingerprint density at radius 1 is 1.27 bits per heavy atom. The molecule has 15 heavy (non-hydrogen) atoms. The van der Waals surface area contributed by atoms with Gasteiger partial charge in [0.1, 0.15) is 5.75 Å². The molecule has 0 aliphatic carbocycles. The van der Waals surface area contributed by atoms with Gasteiger partial charge in [0, 0.05) is 17.5 Å². The molecule has 0 heterocycles. The monoisotopic (exact) mass is 228 g/mol. The Morgan fingerprint density at radius 3 is 2.47 bits per heavy atom. The predicted octanol–water partition coefficient (Wildman–Crippen LogP) is 3.22. The molecule has 1 unspecified atom stereocenters. The smallest absolute Gasteiger partial charge is 0.121 e. The standard InChI is InChI=1S/C12H17ClO2/c1-8(2)15-12-5-10(9(3)7-14)4-11(13)6-12/h4-6,8-9,14H,7H2,1-3H3. The lowest BCUT2D eigenvalue weighted by Gasteiger charge is -2.14. The maximum atomic E-state index is 9.07. The molecule has 0 bridgehead atoms. The second-order valence-electron chi connectivity index (χ2n) is 3.97. The van der Waals surface area contributed by atoms with Crippen molar-refractivity contribution in [1.82, 2.24) is 0 Å². The first kappa shape index (κ1) is 12.3. The Bertz CT molecular complexity index is 323. The fourth-order valence-electron chi connectivity index (χ4n) is 1.31. The third-order valence-corrected chi connectivity index (χ3v) is 2.33. The van der Waals surface area contributed by atoms with E-state index < -0.39 is 0 Å². The quantitative estimate of drug-likeness (QED) is 0.858. The lowest BCUT2D eigenvalue weighted by atomic mass is 10.0. The minimum absolute atomic E-state index is 0.0817. The minimum atomic E-state index is 0.0817. The molecule has 0 amide bonds. The van der Waals surface area contributed by atoms with Gasteiger partial charge in [0.05, 0.1) is 6.10 Å². The van der Waals surface area contributed by atoms with Crippen LogP contribution in [-0.2, 0) is 0 Å². The summed E-state index contributed by atoms with van der Waals surface area (Å²) >= 11 is 5.97. The highest BCUT2D eigenvalue weighted by Gasteiger charge is 2.08. The molecular weight excluding hydrogens is 212 g/mol. The molecule has 0 radical (unpaired) electrons. The van der Waals surface area contributed by atoms with Crippen LogP contribution in [-0.4, -0.2) is 17.8 Å². The van der Waals surface area contributed by atoms with Crippen molar-refractivity contribution < 1.29 is 9.84 Å². The van der Waals surface area contributed by atoms with Crippen molar-refractivity contribution in [2.24, 2.45) is 0 Å². The number of rotatable bonds is 4. The van der Waals surface area contributed by atoms with E-state index in [1.54, 1.807) is 6.07 Å². The van der Waals surface area contributed by atoms with Gasteiger partial charge in [-0.2, -0.15) is 0 Å². The van der Waals surface area contributed by atoms with Gasteiger partial charge in [-0.05, 0) is 37.6 Å². The second-order valence-corrected chi connectivity index (χ2v) is 4.41. The topological polar surface area (TPSA) is 29.5 Å². The molecule has 1 rings (SSSR count). The molecule has 2 nitrogen and oxygen atoms in total. The van der Waals surface area contributed by atoms with E-state index in [1.807, 2.05) is 32.9 Å². The second kappa shape index (κ2) is 5.38. The normalized spacial score (nSPS) is 12.9. The number of ether oxygens (including phenoxy) is 1. The summed E-state index contributed by atoms with van der Waals surface area (Å²) in [7, 11) is 0. The SMILES string of the molecule is CC(C)Oc1cc(Cl)cc(C(C)CO)c1. The maximum absolute atomic E-state index is 9.07. The van der Waals surface area contributed by atoms with Crippen molar-refractivity contribution in [3.63, 3.8) is 0 Å². The van der Waals surface area contributed by atoms with Gasteiger partial charge in [0.15, 0.2) is 0 Å². The van der Waals surface area contributed by atoms with Crippen molar-refractivity contribution in [3.05, 3.63) is 28.8 Å². The number of halogens is 1. The minimum Gasteiger partial charge on any atom is -0.491 e. The summed E-state index contributed by atoms with van der Waals surface area (Å²) in [5.41, 5.74) is 1.00. The fraction of sp³-hybridized carbons (Fsp3) is 0.500. The Kier molecular flexibility index (Phi) is 4.43. The molecule has 0 saturated carbocycles. The maximum Gasteiger partial charge on any atom is 0.121 e. The molecular formula is C12H17ClO2. The Morgan fingerprint density at radius 2 is 1.93 bits per heavy atom. The molecule has 0 aliphatic rings. The number of aliphatic hydroxyl groups excluding tert-OH is 1. The fourth-order valence-corrected chi connectivity index (χ4v) is 1.55. The van der Waals surface area contributed by atoms with Gasteiger partial charge in [-0.25, -0.2) is 0 Å². The first-order valence-electron chi connectivity index (χ1n) is 5.11. The van der Waals surface area contributed by atoms with Gasteiger partial charge in [0.25, 0.3) is 0 Å². The third kappa shape index (κ3) is 3.73. The van der Waals surface area contributed by atoms with Crippen LogP contribution in [0.2, 0.25) is 5.02 Å². The molecule has 1 N–H and O–H groups in total. The average molecular weight is 229 g/mol. The Balaban J connectivity index is 2.94. The number of benzene rings is 1. The van der Waals surface area contributed by atoms with Gasteiger partial charge < -0.3 is 9.84 Å². The van der Waals surface area contributed by atoms with Crippen LogP contribution in [0.15, 0.2) is 18.2 Å². The zero-order valence-corrected chi connectivity index (χ0v) is 10.1. The van der Waals surface area contributed by atoms with Crippen LogP contribution in [0.4, 0.5) is 0 Å². The van der Waals surface area contributed by atoms with Crippen LogP contribution in [0.3, 0.4) is 0 Å². The molecule has 1 aromatic carbocycles. The van der Waals surface area contributed by atoms with Gasteiger partial charge in [-0.15, -0.1) is 0 Å². The van der Waals surface area contributed by atoms with E-state index >= 15 is 0 Å². The van der Waals surface area contributed by atoms with E-state index in [0.29, 0.717) is 5.02 Å². The Hall–Kier alpha value is -0.730. The molecule has 0 spiro atoms. The van der Waals surface area contributed by atoms with Crippen molar-refractivity contribution in [2.75, 3.05) is 6.61 Å². The highest BCUT2D eigenvalue weighted by Crippen LogP contribution is 2.26. The van der Waals surface area contributed by atoms with Crippen molar-refractivity contribution in [2.45, 2.75) is 32.8 Å². The Labute approximate surface area is 95.8 Å². The van der Waals surface area contributed by atoms with Gasteiger partial charge in [-0.3, -0.25) is 0 Å². The largest absolute Gasteiger partial charge is 0.491 e. The molecule has 0 fully saturated rings. The van der Waals surface area contributed by atoms with Crippen molar-refractivity contribution in [3.8, 4) is 5.75 Å².